The van der Waals surface area contributed by atoms with Crippen LogP contribution < -0.4 is 15.4 Å². The van der Waals surface area contributed by atoms with Gasteiger partial charge in [0.2, 0.25) is 0 Å². The number of anilines is 2. The van der Waals surface area contributed by atoms with E-state index in [4.69, 9.17) is 4.52 Å². The van der Waals surface area contributed by atoms with Crippen molar-refractivity contribution < 1.29 is 19.5 Å². The molecule has 1 atom stereocenters. The SMILES string of the molecule is CC(C)C(C(=O)O)c1cc(N2CC3(C2)CN(c2cc4nnc(-c5ccccc5O)cc4n(C)c2=O)C3)no1. The Bertz CT molecular complexity index is 1610. The molecule has 1 unspecified atom stereocenters. The molecule has 38 heavy (non-hydrogen) atoms. The average molecular weight is 517 g/mol. The number of nitrogens with zero attached hydrogens (tertiary/aromatic N) is 6. The second kappa shape index (κ2) is 8.57. The molecule has 3 aromatic heterocycles. The van der Waals surface area contributed by atoms with Crippen LogP contribution in [0.4, 0.5) is 11.5 Å². The number of fused-ring (bicyclic) bond motifs is 1. The van der Waals surface area contributed by atoms with Crippen LogP contribution in [0.5, 0.6) is 5.75 Å². The zero-order chi connectivity index (χ0) is 26.8. The predicted octanol–water partition coefficient (Wildman–Crippen LogP) is 2.84. The Hall–Kier alpha value is -4.41. The number of aromatic nitrogens is 4. The summed E-state index contributed by atoms with van der Waals surface area (Å²) in [5, 5.41) is 32.4. The van der Waals surface area contributed by atoms with Crippen LogP contribution in [0.1, 0.15) is 25.5 Å². The first-order chi connectivity index (χ1) is 18.2. The number of carbonyl (C=O) groups is 1. The number of hydrogen-bond donors (Lipinski definition) is 2. The molecular formula is C27H28N6O5. The van der Waals surface area contributed by atoms with Crippen LogP contribution in [-0.4, -0.2) is 62.3 Å². The molecule has 0 saturated carbocycles. The number of aromatic hydroxyl groups is 1. The highest BCUT2D eigenvalue weighted by atomic mass is 16.5. The van der Waals surface area contributed by atoms with Gasteiger partial charge in [-0.3, -0.25) is 9.59 Å². The maximum atomic E-state index is 13.3. The fourth-order valence-electron chi connectivity index (χ4n) is 5.65. The molecule has 196 valence electrons. The van der Waals surface area contributed by atoms with E-state index in [1.807, 2.05) is 19.9 Å². The van der Waals surface area contributed by atoms with E-state index in [0.717, 1.165) is 26.2 Å². The fraction of sp³-hybridized carbons (Fsp3) is 0.370. The minimum absolute atomic E-state index is 0.0453. The van der Waals surface area contributed by atoms with Gasteiger partial charge in [0, 0.05) is 50.3 Å². The third kappa shape index (κ3) is 3.77. The number of phenolic OH excluding ortho intramolecular Hbond substituents is 1. The molecule has 2 saturated heterocycles. The van der Waals surface area contributed by atoms with E-state index in [2.05, 4.69) is 25.2 Å². The van der Waals surface area contributed by atoms with Crippen molar-refractivity contribution in [2.75, 3.05) is 36.0 Å². The highest BCUT2D eigenvalue weighted by Crippen LogP contribution is 2.43. The molecule has 0 amide bonds. The number of hydrogen-bond acceptors (Lipinski definition) is 9. The number of carboxylic acids is 1. The third-order valence-electron chi connectivity index (χ3n) is 7.66. The van der Waals surface area contributed by atoms with E-state index in [1.54, 1.807) is 48.0 Å². The van der Waals surface area contributed by atoms with E-state index >= 15 is 0 Å². The summed E-state index contributed by atoms with van der Waals surface area (Å²) in [5.41, 5.74) is 2.80. The number of pyridine rings is 1. The van der Waals surface area contributed by atoms with Crippen molar-refractivity contribution in [3.8, 4) is 17.0 Å². The number of rotatable bonds is 6. The molecule has 11 heteroatoms. The molecule has 2 N–H and O–H groups in total. The Kier molecular flexibility index (Phi) is 5.41. The van der Waals surface area contributed by atoms with Crippen molar-refractivity contribution in [3.05, 3.63) is 58.6 Å². The lowest BCUT2D eigenvalue weighted by molar-refractivity contribution is -0.140. The van der Waals surface area contributed by atoms with Crippen molar-refractivity contribution in [1.29, 1.82) is 0 Å². The van der Waals surface area contributed by atoms with Gasteiger partial charge in [-0.25, -0.2) is 0 Å². The van der Waals surface area contributed by atoms with Gasteiger partial charge >= 0.3 is 5.97 Å². The van der Waals surface area contributed by atoms with E-state index in [0.29, 0.717) is 39.6 Å². The molecule has 4 aromatic rings. The number of carboxylic acid groups (broad SMARTS) is 1. The minimum atomic E-state index is -0.923. The molecule has 5 heterocycles. The van der Waals surface area contributed by atoms with Crippen molar-refractivity contribution >= 4 is 28.5 Å². The van der Waals surface area contributed by atoms with Gasteiger partial charge < -0.3 is 29.1 Å². The molecule has 2 aliphatic heterocycles. The van der Waals surface area contributed by atoms with Gasteiger partial charge in [0.25, 0.3) is 5.56 Å². The van der Waals surface area contributed by atoms with Crippen LogP contribution in [0, 0.1) is 11.3 Å². The van der Waals surface area contributed by atoms with Gasteiger partial charge in [-0.15, -0.1) is 10.2 Å². The van der Waals surface area contributed by atoms with Gasteiger partial charge in [-0.1, -0.05) is 31.1 Å². The first-order valence-corrected chi connectivity index (χ1v) is 12.5. The van der Waals surface area contributed by atoms with Crippen LogP contribution in [0.3, 0.4) is 0 Å². The summed E-state index contributed by atoms with van der Waals surface area (Å²) in [5.74, 6) is -0.645. The standard InChI is InChI=1S/C27H28N6O5/c1-15(2)24(26(36)37)22-10-23(30-38-22)33-13-27(14-33)11-32(12-27)20-9-18-19(31(3)25(20)35)8-17(28-29-18)16-6-4-5-7-21(16)34/h4-10,15,24,34H,11-14H2,1-3H3,(H,36,37). The van der Waals surface area contributed by atoms with Crippen LogP contribution in [0.25, 0.3) is 22.3 Å². The Morgan fingerprint density at radius 1 is 1.05 bits per heavy atom. The topological polar surface area (TPSA) is 138 Å². The molecule has 0 bridgehead atoms. The molecule has 6 rings (SSSR count). The summed E-state index contributed by atoms with van der Waals surface area (Å²) in [6, 6.07) is 12.2. The number of aliphatic carboxylic acids is 1. The number of benzene rings is 1. The lowest BCUT2D eigenvalue weighted by Gasteiger charge is -2.60. The molecule has 2 aliphatic rings. The van der Waals surface area contributed by atoms with Crippen molar-refractivity contribution in [2.24, 2.45) is 18.4 Å². The van der Waals surface area contributed by atoms with Crippen LogP contribution in [0.2, 0.25) is 0 Å². The average Bonchev–Trinajstić information content (AvgIpc) is 3.29. The zero-order valence-corrected chi connectivity index (χ0v) is 21.3. The van der Waals surface area contributed by atoms with Crippen LogP contribution in [-0.2, 0) is 11.8 Å². The second-order valence-corrected chi connectivity index (χ2v) is 10.8. The minimum Gasteiger partial charge on any atom is -0.507 e. The summed E-state index contributed by atoms with van der Waals surface area (Å²) in [7, 11) is 1.72. The van der Waals surface area contributed by atoms with Gasteiger partial charge in [-0.2, -0.15) is 0 Å². The normalized spacial score (nSPS) is 17.1. The van der Waals surface area contributed by atoms with Gasteiger partial charge in [-0.05, 0) is 30.2 Å². The van der Waals surface area contributed by atoms with E-state index in [-0.39, 0.29) is 22.6 Å². The van der Waals surface area contributed by atoms with E-state index in [1.165, 1.54) is 0 Å². The Morgan fingerprint density at radius 2 is 1.76 bits per heavy atom. The van der Waals surface area contributed by atoms with Gasteiger partial charge in [0.15, 0.2) is 11.6 Å². The zero-order valence-electron chi connectivity index (χ0n) is 21.3. The van der Waals surface area contributed by atoms with Crippen LogP contribution >= 0.6 is 0 Å². The summed E-state index contributed by atoms with van der Waals surface area (Å²) >= 11 is 0. The molecule has 1 aromatic carbocycles. The quantitative estimate of drug-likeness (QED) is 0.393. The van der Waals surface area contributed by atoms with Crippen molar-refractivity contribution in [3.63, 3.8) is 0 Å². The van der Waals surface area contributed by atoms with Crippen molar-refractivity contribution in [2.45, 2.75) is 19.8 Å². The lowest BCUT2D eigenvalue weighted by atomic mass is 9.72. The number of aryl methyl sites for hydroxylation is 1. The summed E-state index contributed by atoms with van der Waals surface area (Å²) in [6.45, 7) is 6.65. The Balaban J connectivity index is 1.17. The van der Waals surface area contributed by atoms with E-state index < -0.39 is 11.9 Å². The number of para-hydroxylation sites is 1. The van der Waals surface area contributed by atoms with Crippen molar-refractivity contribution in [1.82, 2.24) is 19.9 Å². The first-order valence-electron chi connectivity index (χ1n) is 12.5. The third-order valence-corrected chi connectivity index (χ3v) is 7.66. The summed E-state index contributed by atoms with van der Waals surface area (Å²) in [6.07, 6.45) is 0. The lowest BCUT2D eigenvalue weighted by Crippen LogP contribution is -2.73. The molecule has 0 aliphatic carbocycles. The molecule has 11 nitrogen and oxygen atoms in total. The highest BCUT2D eigenvalue weighted by Gasteiger charge is 2.53. The molecule has 0 radical (unpaired) electrons. The Labute approximate surface area is 217 Å². The van der Waals surface area contributed by atoms with E-state index in [9.17, 15) is 19.8 Å². The predicted molar refractivity (Wildman–Crippen MR) is 140 cm³/mol. The van der Waals surface area contributed by atoms with Crippen LogP contribution in [0.15, 0.2) is 51.8 Å². The molecule has 1 spiro atoms. The second-order valence-electron chi connectivity index (χ2n) is 10.8. The largest absolute Gasteiger partial charge is 0.507 e. The highest BCUT2D eigenvalue weighted by molar-refractivity contribution is 5.82. The van der Waals surface area contributed by atoms with Gasteiger partial charge in [0.1, 0.15) is 22.9 Å². The smallest absolute Gasteiger partial charge is 0.314 e. The number of phenols is 1. The maximum Gasteiger partial charge on any atom is 0.314 e. The summed E-state index contributed by atoms with van der Waals surface area (Å²) in [4.78, 5) is 29.0. The molecular weight excluding hydrogens is 488 g/mol. The molecule has 2 fully saturated rings. The maximum absolute atomic E-state index is 13.3. The van der Waals surface area contributed by atoms with Gasteiger partial charge in [0.05, 0.1) is 11.2 Å². The summed E-state index contributed by atoms with van der Waals surface area (Å²) < 4.78 is 6.95. The fourth-order valence-corrected chi connectivity index (χ4v) is 5.65. The Morgan fingerprint density at radius 3 is 2.45 bits per heavy atom. The monoisotopic (exact) mass is 516 g/mol. The first kappa shape index (κ1) is 24.0.